The van der Waals surface area contributed by atoms with Crippen LogP contribution in [0.25, 0.3) is 0 Å². The van der Waals surface area contributed by atoms with Gasteiger partial charge in [0.25, 0.3) is 0 Å². The number of hydrogen-bond acceptors (Lipinski definition) is 3. The van der Waals surface area contributed by atoms with E-state index in [1.165, 1.54) is 5.56 Å². The molecule has 3 heteroatoms. The van der Waals surface area contributed by atoms with Gasteiger partial charge >= 0.3 is 0 Å². The number of pyridine rings is 1. The molecule has 1 atom stereocenters. The Morgan fingerprint density at radius 2 is 2.36 bits per heavy atom. The highest BCUT2D eigenvalue weighted by molar-refractivity contribution is 5.08. The van der Waals surface area contributed by atoms with Crippen molar-refractivity contribution >= 4 is 0 Å². The number of hydrogen-bond donors (Lipinski definition) is 1. The Morgan fingerprint density at radius 3 is 2.93 bits per heavy atom. The molecule has 3 nitrogen and oxygen atoms in total. The summed E-state index contributed by atoms with van der Waals surface area (Å²) in [6, 6.07) is 4.25. The lowest BCUT2D eigenvalue weighted by atomic mass is 10.2. The molecular formula is C11H18N2O. The van der Waals surface area contributed by atoms with Gasteiger partial charge in [0.2, 0.25) is 0 Å². The van der Waals surface area contributed by atoms with Crippen LogP contribution in [0.15, 0.2) is 24.5 Å². The third kappa shape index (κ3) is 3.44. The molecule has 0 bridgehead atoms. The molecule has 0 amide bonds. The van der Waals surface area contributed by atoms with Gasteiger partial charge in [-0.05, 0) is 32.0 Å². The Kier molecular flexibility index (Phi) is 4.56. The smallest absolute Gasteiger partial charge is 0.0584 e. The van der Waals surface area contributed by atoms with Crippen molar-refractivity contribution in [2.24, 2.45) is 0 Å². The van der Waals surface area contributed by atoms with Gasteiger partial charge in [-0.15, -0.1) is 0 Å². The second-order valence-electron chi connectivity index (χ2n) is 3.62. The largest absolute Gasteiger partial charge is 0.395 e. The van der Waals surface area contributed by atoms with E-state index in [1.807, 2.05) is 26.2 Å². The molecule has 0 saturated heterocycles. The van der Waals surface area contributed by atoms with Gasteiger partial charge < -0.3 is 10.0 Å². The van der Waals surface area contributed by atoms with E-state index in [9.17, 15) is 0 Å². The molecule has 1 N–H and O–H groups in total. The predicted molar refractivity (Wildman–Crippen MR) is 57.1 cm³/mol. The van der Waals surface area contributed by atoms with Crippen molar-refractivity contribution in [3.63, 3.8) is 0 Å². The van der Waals surface area contributed by atoms with Crippen molar-refractivity contribution < 1.29 is 5.11 Å². The number of aliphatic hydroxyl groups excluding tert-OH is 1. The van der Waals surface area contributed by atoms with E-state index < -0.39 is 0 Å². The monoisotopic (exact) mass is 194 g/mol. The Labute approximate surface area is 85.4 Å². The fourth-order valence-electron chi connectivity index (χ4n) is 1.21. The predicted octanol–water partition coefficient (Wildman–Crippen LogP) is 0.937. The highest BCUT2D eigenvalue weighted by Gasteiger charge is 2.06. The quantitative estimate of drug-likeness (QED) is 0.757. The van der Waals surface area contributed by atoms with Gasteiger partial charge in [0.15, 0.2) is 0 Å². The average molecular weight is 194 g/mol. The Bertz CT molecular complexity index is 251. The number of rotatable bonds is 5. The zero-order chi connectivity index (χ0) is 10.4. The van der Waals surface area contributed by atoms with Crippen LogP contribution < -0.4 is 0 Å². The molecular weight excluding hydrogens is 176 g/mol. The maximum absolute atomic E-state index is 8.95. The summed E-state index contributed by atoms with van der Waals surface area (Å²) in [4.78, 5) is 6.21. The van der Waals surface area contributed by atoms with E-state index in [4.69, 9.17) is 5.11 Å². The summed E-state index contributed by atoms with van der Waals surface area (Å²) in [6.07, 6.45) is 4.65. The van der Waals surface area contributed by atoms with Crippen LogP contribution in [0, 0.1) is 0 Å². The highest BCUT2D eigenvalue weighted by atomic mass is 16.3. The van der Waals surface area contributed by atoms with Crippen molar-refractivity contribution in [3.05, 3.63) is 30.1 Å². The van der Waals surface area contributed by atoms with Crippen LogP contribution in [0.2, 0.25) is 0 Å². The fraction of sp³-hybridized carbons (Fsp3) is 0.545. The Balaban J connectivity index is 2.34. The maximum Gasteiger partial charge on any atom is 0.0584 e. The second kappa shape index (κ2) is 5.73. The third-order valence-electron chi connectivity index (χ3n) is 2.49. The topological polar surface area (TPSA) is 36.4 Å². The van der Waals surface area contributed by atoms with Gasteiger partial charge in [-0.1, -0.05) is 6.07 Å². The van der Waals surface area contributed by atoms with Crippen LogP contribution in [0.3, 0.4) is 0 Å². The van der Waals surface area contributed by atoms with Crippen molar-refractivity contribution in [2.75, 3.05) is 20.2 Å². The molecule has 14 heavy (non-hydrogen) atoms. The molecule has 0 radical (unpaired) electrons. The van der Waals surface area contributed by atoms with Crippen LogP contribution in [0.1, 0.15) is 12.5 Å². The second-order valence-corrected chi connectivity index (χ2v) is 3.62. The van der Waals surface area contributed by atoms with Crippen LogP contribution in [0.4, 0.5) is 0 Å². The van der Waals surface area contributed by atoms with Crippen LogP contribution in [0.5, 0.6) is 0 Å². The van der Waals surface area contributed by atoms with Gasteiger partial charge in [0.05, 0.1) is 6.61 Å². The molecule has 0 aliphatic heterocycles. The molecule has 0 spiro atoms. The summed E-state index contributed by atoms with van der Waals surface area (Å²) in [6.45, 7) is 3.18. The van der Waals surface area contributed by atoms with Crippen molar-refractivity contribution in [3.8, 4) is 0 Å². The standard InChI is InChI=1S/C11H18N2O/c1-10(9-14)13(2)7-5-11-4-3-6-12-8-11/h3-4,6,8,10,14H,5,7,9H2,1-2H3. The first-order chi connectivity index (χ1) is 6.74. The highest BCUT2D eigenvalue weighted by Crippen LogP contribution is 2.00. The first-order valence-corrected chi connectivity index (χ1v) is 4.94. The molecule has 78 valence electrons. The number of nitrogens with zero attached hydrogens (tertiary/aromatic N) is 2. The van der Waals surface area contributed by atoms with Gasteiger partial charge in [0.1, 0.15) is 0 Å². The van der Waals surface area contributed by atoms with E-state index in [0.717, 1.165) is 13.0 Å². The first-order valence-electron chi connectivity index (χ1n) is 4.94. The zero-order valence-electron chi connectivity index (χ0n) is 8.85. The minimum absolute atomic E-state index is 0.212. The first kappa shape index (κ1) is 11.1. The molecule has 0 aliphatic carbocycles. The van der Waals surface area contributed by atoms with E-state index in [2.05, 4.69) is 16.0 Å². The molecule has 0 aromatic carbocycles. The molecule has 1 unspecified atom stereocenters. The van der Waals surface area contributed by atoms with Crippen LogP contribution in [-0.4, -0.2) is 41.2 Å². The van der Waals surface area contributed by atoms with E-state index in [0.29, 0.717) is 0 Å². The molecule has 1 heterocycles. The fourth-order valence-corrected chi connectivity index (χ4v) is 1.21. The van der Waals surface area contributed by atoms with Crippen molar-refractivity contribution in [1.29, 1.82) is 0 Å². The summed E-state index contributed by atoms with van der Waals surface area (Å²) in [5.74, 6) is 0. The molecule has 0 saturated carbocycles. The molecule has 0 aliphatic rings. The van der Waals surface area contributed by atoms with Gasteiger partial charge in [-0.2, -0.15) is 0 Å². The van der Waals surface area contributed by atoms with Gasteiger partial charge in [-0.25, -0.2) is 0 Å². The Hall–Kier alpha value is -0.930. The lowest BCUT2D eigenvalue weighted by Gasteiger charge is -2.22. The minimum Gasteiger partial charge on any atom is -0.395 e. The van der Waals surface area contributed by atoms with Gasteiger partial charge in [-0.3, -0.25) is 4.98 Å². The van der Waals surface area contributed by atoms with E-state index in [1.54, 1.807) is 6.20 Å². The third-order valence-corrected chi connectivity index (χ3v) is 2.49. The zero-order valence-corrected chi connectivity index (χ0v) is 8.85. The summed E-state index contributed by atoms with van der Waals surface area (Å²) in [5.41, 5.74) is 1.24. The molecule has 1 rings (SSSR count). The van der Waals surface area contributed by atoms with Crippen LogP contribution in [-0.2, 0) is 6.42 Å². The summed E-state index contributed by atoms with van der Waals surface area (Å²) < 4.78 is 0. The molecule has 1 aromatic rings. The molecule has 1 aromatic heterocycles. The molecule has 0 fully saturated rings. The Morgan fingerprint density at radius 1 is 1.57 bits per heavy atom. The average Bonchev–Trinajstić information content (AvgIpc) is 2.26. The summed E-state index contributed by atoms with van der Waals surface area (Å²) in [5, 5.41) is 8.95. The van der Waals surface area contributed by atoms with Crippen molar-refractivity contribution in [1.82, 2.24) is 9.88 Å². The van der Waals surface area contributed by atoms with E-state index >= 15 is 0 Å². The lowest BCUT2D eigenvalue weighted by Crippen LogP contribution is -2.33. The van der Waals surface area contributed by atoms with E-state index in [-0.39, 0.29) is 12.6 Å². The number of likely N-dealkylation sites (N-methyl/N-ethyl adjacent to an activating group) is 1. The minimum atomic E-state index is 0.212. The van der Waals surface area contributed by atoms with Gasteiger partial charge in [0, 0.05) is 25.0 Å². The van der Waals surface area contributed by atoms with Crippen LogP contribution >= 0.6 is 0 Å². The summed E-state index contributed by atoms with van der Waals surface area (Å²) >= 11 is 0. The normalized spacial score (nSPS) is 13.1. The summed E-state index contributed by atoms with van der Waals surface area (Å²) in [7, 11) is 2.03. The lowest BCUT2D eigenvalue weighted by molar-refractivity contribution is 0.160. The number of aromatic nitrogens is 1. The van der Waals surface area contributed by atoms with Crippen molar-refractivity contribution in [2.45, 2.75) is 19.4 Å². The SMILES string of the molecule is CC(CO)N(C)CCc1cccnc1. The number of aliphatic hydroxyl groups is 1. The maximum atomic E-state index is 8.95.